The number of hydrogen-bond donors (Lipinski definition) is 18. The summed E-state index contributed by atoms with van der Waals surface area (Å²) in [5.74, 6) is -11.6. The fourth-order valence-corrected chi connectivity index (χ4v) is 10.1. The largest absolute Gasteiger partial charge is 0.480 e. The molecular formula is C55H95N11O22S. The van der Waals surface area contributed by atoms with E-state index in [0.29, 0.717) is 6.42 Å². The van der Waals surface area contributed by atoms with E-state index in [-0.39, 0.29) is 18.7 Å². The van der Waals surface area contributed by atoms with Gasteiger partial charge in [0.1, 0.15) is 109 Å². The summed E-state index contributed by atoms with van der Waals surface area (Å²) in [5.41, 5.74) is 6.39. The molecule has 508 valence electrons. The lowest BCUT2D eigenvalue weighted by molar-refractivity contribution is -0.347. The van der Waals surface area contributed by atoms with E-state index < -0.39 is 230 Å². The molecule has 10 amide bonds. The average Bonchev–Trinajstić information content (AvgIpc) is 4.00. The van der Waals surface area contributed by atoms with E-state index in [9.17, 15) is 88.5 Å². The van der Waals surface area contributed by atoms with Crippen LogP contribution >= 0.6 is 12.6 Å². The maximum absolute atomic E-state index is 14.3. The van der Waals surface area contributed by atoms with Crippen LogP contribution in [0.1, 0.15) is 103 Å². The molecule has 0 bridgehead atoms. The molecule has 3 heterocycles. The van der Waals surface area contributed by atoms with Crippen LogP contribution in [0.15, 0.2) is 0 Å². The second-order valence-electron chi connectivity index (χ2n) is 24.0. The smallest absolute Gasteiger partial charge is 0.327 e. The monoisotopic (exact) mass is 1290 g/mol. The minimum absolute atomic E-state index is 0.0765. The molecule has 89 heavy (non-hydrogen) atoms. The SMILES string of the molecule is CC(=O)N[C@H]1[C@@H](O[C@H](C)[C@H](N)C(=O)N[C@H](C(=O)N2CCC[C@H]2C(=O)N[C@@H](C)C(=O)N[C@@H](C)C(=O)N[C@H](C(=O)N[C@H](C(=O)N[C@H](C(=O)N[C@@H](C)C(=O)N[C@@H](CS)C(=O)O)C(C)C)C(C)C)C(C)C)C(C)C)O[C@H](CO)[C@H](O)[C@@H]1O[C@@H]1O[C@H](CO)[C@H](O)[C@H](O)[C@H]1O. The Morgan fingerprint density at radius 1 is 0.562 bits per heavy atom. The summed E-state index contributed by atoms with van der Waals surface area (Å²) in [4.78, 5) is 148. The molecule has 3 aliphatic heterocycles. The number of aliphatic hydroxyl groups is 6. The molecule has 21 atom stereocenters. The van der Waals surface area contributed by atoms with E-state index in [1.165, 1.54) is 32.6 Å². The van der Waals surface area contributed by atoms with Crippen molar-refractivity contribution in [1.29, 1.82) is 0 Å². The zero-order valence-corrected chi connectivity index (χ0v) is 53.3. The van der Waals surface area contributed by atoms with Crippen LogP contribution < -0.4 is 53.6 Å². The normalized spacial score (nSPS) is 27.1. The van der Waals surface area contributed by atoms with Crippen molar-refractivity contribution >= 4 is 77.7 Å². The third kappa shape index (κ3) is 21.1. The molecule has 0 aromatic rings. The summed E-state index contributed by atoms with van der Waals surface area (Å²) in [6.07, 6.45) is -16.2. The first kappa shape index (κ1) is 77.3. The van der Waals surface area contributed by atoms with Gasteiger partial charge in [0.2, 0.25) is 59.1 Å². The van der Waals surface area contributed by atoms with E-state index in [1.54, 1.807) is 55.4 Å². The van der Waals surface area contributed by atoms with Gasteiger partial charge in [-0.2, -0.15) is 12.6 Å². The van der Waals surface area contributed by atoms with Gasteiger partial charge in [0.15, 0.2) is 12.6 Å². The molecule has 34 heteroatoms. The molecule has 0 radical (unpaired) electrons. The number of nitrogens with zero attached hydrogens (tertiary/aromatic N) is 1. The van der Waals surface area contributed by atoms with Crippen molar-refractivity contribution in [2.75, 3.05) is 25.5 Å². The molecule has 0 aromatic carbocycles. The maximum atomic E-state index is 14.3. The molecule has 3 fully saturated rings. The first-order valence-corrected chi connectivity index (χ1v) is 30.2. The Balaban J connectivity index is 1.65. The molecule has 18 N–H and O–H groups in total. The third-order valence-electron chi connectivity index (χ3n) is 15.4. The van der Waals surface area contributed by atoms with Gasteiger partial charge >= 0.3 is 5.97 Å². The minimum Gasteiger partial charge on any atom is -0.480 e. The predicted molar refractivity (Wildman–Crippen MR) is 315 cm³/mol. The van der Waals surface area contributed by atoms with Crippen LogP contribution in [0.5, 0.6) is 0 Å². The number of carboxylic acids is 1. The Morgan fingerprint density at radius 3 is 1.46 bits per heavy atom. The summed E-state index contributed by atoms with van der Waals surface area (Å²) in [7, 11) is 0. The quantitative estimate of drug-likeness (QED) is 0.0287. The van der Waals surface area contributed by atoms with Crippen LogP contribution in [0.2, 0.25) is 0 Å². The van der Waals surface area contributed by atoms with Gasteiger partial charge in [-0.25, -0.2) is 4.79 Å². The van der Waals surface area contributed by atoms with Gasteiger partial charge in [-0.1, -0.05) is 55.4 Å². The molecular weight excluding hydrogens is 1200 g/mol. The fraction of sp³-hybridized carbons (Fsp3) is 0.800. The van der Waals surface area contributed by atoms with E-state index in [0.717, 1.165) is 6.92 Å². The topological polar surface area (TPSA) is 504 Å². The van der Waals surface area contributed by atoms with Gasteiger partial charge in [0.25, 0.3) is 0 Å². The molecule has 0 aromatic heterocycles. The Kier molecular flexibility index (Phi) is 30.5. The van der Waals surface area contributed by atoms with E-state index in [2.05, 4.69) is 60.5 Å². The number of carboxylic acid groups (broad SMARTS) is 1. The number of carbonyl (C=O) groups excluding carboxylic acids is 10. The van der Waals surface area contributed by atoms with Crippen molar-refractivity contribution < 1.29 is 107 Å². The number of hydrogen-bond acceptors (Lipinski definition) is 23. The van der Waals surface area contributed by atoms with Crippen LogP contribution in [0.25, 0.3) is 0 Å². The van der Waals surface area contributed by atoms with E-state index in [1.807, 2.05) is 0 Å². The van der Waals surface area contributed by atoms with E-state index >= 15 is 0 Å². The minimum atomic E-state index is -1.94. The number of nitrogens with two attached hydrogens (primary N) is 1. The third-order valence-corrected chi connectivity index (χ3v) is 15.7. The van der Waals surface area contributed by atoms with Crippen molar-refractivity contribution in [3.05, 3.63) is 0 Å². The van der Waals surface area contributed by atoms with Crippen LogP contribution in [0.4, 0.5) is 0 Å². The van der Waals surface area contributed by atoms with Crippen LogP contribution in [0.3, 0.4) is 0 Å². The number of likely N-dealkylation sites (tertiary alicyclic amines) is 1. The van der Waals surface area contributed by atoms with Gasteiger partial charge in [-0.15, -0.1) is 0 Å². The lowest BCUT2D eigenvalue weighted by Crippen LogP contribution is -2.68. The average molecular weight is 1290 g/mol. The van der Waals surface area contributed by atoms with Gasteiger partial charge in [0, 0.05) is 19.2 Å². The summed E-state index contributed by atoms with van der Waals surface area (Å²) in [5, 5.41) is 94.4. The Labute approximate surface area is 521 Å². The molecule has 33 nitrogen and oxygen atoms in total. The molecule has 0 spiro atoms. The molecule has 0 unspecified atom stereocenters. The summed E-state index contributed by atoms with van der Waals surface area (Å²) >= 11 is 3.92. The molecule has 0 saturated carbocycles. The van der Waals surface area contributed by atoms with Crippen molar-refractivity contribution in [1.82, 2.24) is 52.8 Å². The highest BCUT2D eigenvalue weighted by atomic mass is 32.1. The lowest BCUT2D eigenvalue weighted by Gasteiger charge is -2.48. The number of ether oxygens (including phenoxy) is 4. The maximum Gasteiger partial charge on any atom is 0.327 e. The van der Waals surface area contributed by atoms with Crippen molar-refractivity contribution in [2.45, 2.75) is 231 Å². The van der Waals surface area contributed by atoms with Gasteiger partial charge < -0.3 is 113 Å². The number of amides is 10. The molecule has 3 aliphatic rings. The number of thiol groups is 1. The van der Waals surface area contributed by atoms with Crippen LogP contribution in [0, 0.1) is 23.7 Å². The molecule has 0 aliphatic carbocycles. The lowest BCUT2D eigenvalue weighted by atomic mass is 9.95. The van der Waals surface area contributed by atoms with E-state index in [4.69, 9.17) is 24.7 Å². The standard InChI is InChI=1S/C55H95N11O22S/c1-20(2)34(49(79)59-25(10)45(75)61-29(19-89)53(83)84)63-51(81)36(22(5)6)64-50(80)35(21(3)4)62-46(76)26(11)57-44(74)24(9)58-47(77)30-15-14-16-66(30)52(82)37(23(7)8)65-48(78)33(56)27(12)85-54-38(60-28(13)69)43(40(71)32(18-68)86-54)88-55-42(73)41(72)39(70)31(17-67)87-55/h20-27,29-43,54-55,67-68,70-73,89H,14-19,56H2,1-13H3,(H,57,74)(H,58,77)(H,59,79)(H,60,69)(H,61,75)(H,62,76)(H,63,81)(H,64,80)(H,65,78)(H,83,84)/t24-,25-,26-,27+,29-,30-,31+,32+,33-,34-,35-,36-,37-,38+,39-,40-,41-,42+,43+,54-,55-/m0/s1. The first-order valence-electron chi connectivity index (χ1n) is 29.6. The predicted octanol–water partition coefficient (Wildman–Crippen LogP) is -6.95. The van der Waals surface area contributed by atoms with Crippen LogP contribution in [-0.4, -0.2) is 259 Å². The van der Waals surface area contributed by atoms with Crippen LogP contribution in [-0.2, 0) is 71.7 Å². The zero-order valence-electron chi connectivity index (χ0n) is 52.4. The van der Waals surface area contributed by atoms with Gasteiger partial charge in [-0.05, 0) is 64.2 Å². The molecule has 3 rings (SSSR count). The number of rotatable bonds is 31. The highest BCUT2D eigenvalue weighted by Crippen LogP contribution is 2.31. The highest BCUT2D eigenvalue weighted by molar-refractivity contribution is 7.80. The fourth-order valence-electron chi connectivity index (χ4n) is 9.82. The summed E-state index contributed by atoms with van der Waals surface area (Å²) in [6.45, 7) is 17.9. The Bertz CT molecular complexity index is 2460. The number of aliphatic carboxylic acids is 1. The number of carbonyl (C=O) groups is 11. The number of aliphatic hydroxyl groups excluding tert-OH is 6. The Hall–Kier alpha value is -5.92. The van der Waals surface area contributed by atoms with Gasteiger partial charge in [-0.3, -0.25) is 47.9 Å². The second-order valence-corrected chi connectivity index (χ2v) is 24.4. The Morgan fingerprint density at radius 2 is 0.989 bits per heavy atom. The molecule has 3 saturated heterocycles. The second kappa shape index (κ2) is 35.0. The van der Waals surface area contributed by atoms with Crippen molar-refractivity contribution in [3.63, 3.8) is 0 Å². The summed E-state index contributed by atoms with van der Waals surface area (Å²) < 4.78 is 23.1. The zero-order chi connectivity index (χ0) is 67.8. The van der Waals surface area contributed by atoms with Crippen molar-refractivity contribution in [2.24, 2.45) is 29.4 Å². The number of nitrogens with one attached hydrogen (secondary N) is 9. The highest BCUT2D eigenvalue weighted by Gasteiger charge is 2.53. The van der Waals surface area contributed by atoms with Crippen molar-refractivity contribution in [3.8, 4) is 0 Å². The first-order chi connectivity index (χ1) is 41.4. The summed E-state index contributed by atoms with van der Waals surface area (Å²) in [6, 6.07) is -14.3. The van der Waals surface area contributed by atoms with Gasteiger partial charge in [0.05, 0.1) is 19.3 Å².